The highest BCUT2D eigenvalue weighted by Gasteiger charge is 2.04. The minimum absolute atomic E-state index is 0.0481. The second-order valence-corrected chi connectivity index (χ2v) is 3.20. The molecule has 0 aromatic carbocycles. The van der Waals surface area contributed by atoms with Crippen LogP contribution in [-0.2, 0) is 4.79 Å². The van der Waals surface area contributed by atoms with E-state index in [0.717, 1.165) is 22.6 Å². The highest BCUT2D eigenvalue weighted by atomic mass is 16.1. The van der Waals surface area contributed by atoms with Gasteiger partial charge in [0.1, 0.15) is 0 Å². The average molecular weight is 178 g/mol. The maximum atomic E-state index is 10.9. The van der Waals surface area contributed by atoms with Gasteiger partial charge >= 0.3 is 0 Å². The molecule has 0 saturated heterocycles. The van der Waals surface area contributed by atoms with E-state index in [1.807, 2.05) is 26.8 Å². The molecule has 1 aromatic rings. The third-order valence-corrected chi connectivity index (χ3v) is 1.95. The maximum absolute atomic E-state index is 10.9. The first kappa shape index (κ1) is 9.71. The van der Waals surface area contributed by atoms with Gasteiger partial charge in [0.25, 0.3) is 0 Å². The van der Waals surface area contributed by atoms with Gasteiger partial charge in [-0.2, -0.15) is 0 Å². The molecule has 70 valence electrons. The predicted molar refractivity (Wildman–Crippen MR) is 52.8 cm³/mol. The van der Waals surface area contributed by atoms with Gasteiger partial charge in [-0.3, -0.25) is 9.78 Å². The molecule has 1 amide bonds. The standard InChI is InChI=1S/C10H14N2O/c1-6-5-10(12-9(4)13)7(2)8(3)11-6/h5H,1-4H3,(H,11,12,13). The van der Waals surface area contributed by atoms with E-state index in [1.165, 1.54) is 6.92 Å². The maximum Gasteiger partial charge on any atom is 0.221 e. The summed E-state index contributed by atoms with van der Waals surface area (Å²) in [7, 11) is 0. The molecule has 0 bridgehead atoms. The molecule has 0 aliphatic rings. The number of anilines is 1. The molecule has 0 aliphatic carbocycles. The number of carbonyl (C=O) groups is 1. The van der Waals surface area contributed by atoms with Crippen molar-refractivity contribution in [2.75, 3.05) is 5.32 Å². The Morgan fingerprint density at radius 2 is 2.00 bits per heavy atom. The number of pyridine rings is 1. The lowest BCUT2D eigenvalue weighted by Gasteiger charge is -2.09. The van der Waals surface area contributed by atoms with Gasteiger partial charge < -0.3 is 5.32 Å². The van der Waals surface area contributed by atoms with Crippen LogP contribution < -0.4 is 5.32 Å². The minimum atomic E-state index is -0.0481. The Balaban J connectivity index is 3.12. The van der Waals surface area contributed by atoms with Crippen LogP contribution in [0.15, 0.2) is 6.07 Å². The van der Waals surface area contributed by atoms with Crippen LogP contribution in [0.2, 0.25) is 0 Å². The lowest BCUT2D eigenvalue weighted by atomic mass is 10.1. The SMILES string of the molecule is CC(=O)Nc1cc(C)nc(C)c1C. The number of amides is 1. The molecular weight excluding hydrogens is 164 g/mol. The fourth-order valence-corrected chi connectivity index (χ4v) is 1.21. The molecule has 0 atom stereocenters. The van der Waals surface area contributed by atoms with Gasteiger partial charge in [0.15, 0.2) is 0 Å². The van der Waals surface area contributed by atoms with E-state index in [9.17, 15) is 4.79 Å². The van der Waals surface area contributed by atoms with Gasteiger partial charge in [-0.05, 0) is 32.4 Å². The molecule has 1 N–H and O–H groups in total. The molecule has 0 fully saturated rings. The van der Waals surface area contributed by atoms with Gasteiger partial charge in [-0.1, -0.05) is 0 Å². The molecular formula is C10H14N2O. The van der Waals surface area contributed by atoms with Crippen LogP contribution >= 0.6 is 0 Å². The number of hydrogen-bond acceptors (Lipinski definition) is 2. The Hall–Kier alpha value is -1.38. The predicted octanol–water partition coefficient (Wildman–Crippen LogP) is 1.97. The number of nitrogens with zero attached hydrogens (tertiary/aromatic N) is 1. The fraction of sp³-hybridized carbons (Fsp3) is 0.400. The van der Waals surface area contributed by atoms with Crippen molar-refractivity contribution in [3.63, 3.8) is 0 Å². The topological polar surface area (TPSA) is 42.0 Å². The van der Waals surface area contributed by atoms with Gasteiger partial charge in [0.2, 0.25) is 5.91 Å². The minimum Gasteiger partial charge on any atom is -0.326 e. The molecule has 1 aromatic heterocycles. The molecule has 0 spiro atoms. The smallest absolute Gasteiger partial charge is 0.221 e. The first-order valence-corrected chi connectivity index (χ1v) is 4.23. The summed E-state index contributed by atoms with van der Waals surface area (Å²) < 4.78 is 0. The van der Waals surface area contributed by atoms with Crippen molar-refractivity contribution in [2.45, 2.75) is 27.7 Å². The summed E-state index contributed by atoms with van der Waals surface area (Å²) in [4.78, 5) is 15.1. The van der Waals surface area contributed by atoms with Crippen LogP contribution in [0.4, 0.5) is 5.69 Å². The van der Waals surface area contributed by atoms with Crippen LogP contribution in [0.5, 0.6) is 0 Å². The second-order valence-electron chi connectivity index (χ2n) is 3.20. The fourth-order valence-electron chi connectivity index (χ4n) is 1.21. The van der Waals surface area contributed by atoms with Gasteiger partial charge in [0.05, 0.1) is 0 Å². The van der Waals surface area contributed by atoms with Crippen molar-refractivity contribution >= 4 is 11.6 Å². The lowest BCUT2D eigenvalue weighted by molar-refractivity contribution is -0.114. The van der Waals surface area contributed by atoms with Crippen molar-refractivity contribution in [1.82, 2.24) is 4.98 Å². The summed E-state index contributed by atoms with van der Waals surface area (Å²) in [5, 5.41) is 2.78. The number of aromatic nitrogens is 1. The summed E-state index contributed by atoms with van der Waals surface area (Å²) >= 11 is 0. The number of hydrogen-bond donors (Lipinski definition) is 1. The molecule has 3 nitrogen and oxygen atoms in total. The number of nitrogens with one attached hydrogen (secondary N) is 1. The summed E-state index contributed by atoms with van der Waals surface area (Å²) in [6, 6.07) is 1.88. The van der Waals surface area contributed by atoms with Crippen molar-refractivity contribution in [1.29, 1.82) is 0 Å². The Morgan fingerprint density at radius 3 is 2.54 bits per heavy atom. The highest BCUT2D eigenvalue weighted by molar-refractivity contribution is 5.89. The molecule has 0 saturated carbocycles. The molecule has 3 heteroatoms. The van der Waals surface area contributed by atoms with Gasteiger partial charge in [-0.15, -0.1) is 0 Å². The van der Waals surface area contributed by atoms with Crippen molar-refractivity contribution < 1.29 is 4.79 Å². The van der Waals surface area contributed by atoms with E-state index < -0.39 is 0 Å². The third-order valence-electron chi connectivity index (χ3n) is 1.95. The molecule has 13 heavy (non-hydrogen) atoms. The van der Waals surface area contributed by atoms with Crippen LogP contribution in [0, 0.1) is 20.8 Å². The first-order chi connectivity index (χ1) is 6.00. The van der Waals surface area contributed by atoms with Crippen molar-refractivity contribution in [3.05, 3.63) is 23.0 Å². The van der Waals surface area contributed by atoms with Gasteiger partial charge in [-0.25, -0.2) is 0 Å². The van der Waals surface area contributed by atoms with Gasteiger partial charge in [0, 0.05) is 24.0 Å². The van der Waals surface area contributed by atoms with E-state index >= 15 is 0 Å². The van der Waals surface area contributed by atoms with Crippen LogP contribution in [0.3, 0.4) is 0 Å². The quantitative estimate of drug-likeness (QED) is 0.714. The third kappa shape index (κ3) is 2.28. The Labute approximate surface area is 78.2 Å². The van der Waals surface area contributed by atoms with E-state index in [1.54, 1.807) is 0 Å². The lowest BCUT2D eigenvalue weighted by Crippen LogP contribution is -2.08. The molecule has 0 radical (unpaired) electrons. The first-order valence-electron chi connectivity index (χ1n) is 4.23. The summed E-state index contributed by atoms with van der Waals surface area (Å²) in [6.07, 6.45) is 0. The van der Waals surface area contributed by atoms with Crippen molar-refractivity contribution in [2.24, 2.45) is 0 Å². The second kappa shape index (κ2) is 3.56. The normalized spacial score (nSPS) is 9.85. The van der Waals surface area contributed by atoms with Crippen LogP contribution in [0.25, 0.3) is 0 Å². The molecule has 1 rings (SSSR count). The summed E-state index contributed by atoms with van der Waals surface area (Å²) in [5.41, 5.74) is 3.77. The summed E-state index contributed by atoms with van der Waals surface area (Å²) in [5.74, 6) is -0.0481. The molecule has 0 unspecified atom stereocenters. The number of aryl methyl sites for hydroxylation is 2. The zero-order chi connectivity index (χ0) is 10.0. The van der Waals surface area contributed by atoms with Crippen LogP contribution in [0.1, 0.15) is 23.9 Å². The Morgan fingerprint density at radius 1 is 1.38 bits per heavy atom. The van der Waals surface area contributed by atoms with Crippen molar-refractivity contribution in [3.8, 4) is 0 Å². The monoisotopic (exact) mass is 178 g/mol. The van der Waals surface area contributed by atoms with E-state index in [2.05, 4.69) is 10.3 Å². The highest BCUT2D eigenvalue weighted by Crippen LogP contribution is 2.17. The zero-order valence-electron chi connectivity index (χ0n) is 8.43. The largest absolute Gasteiger partial charge is 0.326 e. The van der Waals surface area contributed by atoms with E-state index in [0.29, 0.717) is 0 Å². The average Bonchev–Trinajstić information content (AvgIpc) is 1.98. The number of carbonyl (C=O) groups excluding carboxylic acids is 1. The summed E-state index contributed by atoms with van der Waals surface area (Å²) in [6.45, 7) is 7.31. The van der Waals surface area contributed by atoms with E-state index in [4.69, 9.17) is 0 Å². The Bertz CT molecular complexity index is 345. The van der Waals surface area contributed by atoms with Crippen LogP contribution in [-0.4, -0.2) is 10.9 Å². The molecule has 0 aliphatic heterocycles. The molecule has 1 heterocycles. The number of rotatable bonds is 1. The Kier molecular flexibility index (Phi) is 2.66. The zero-order valence-corrected chi connectivity index (χ0v) is 8.43. The van der Waals surface area contributed by atoms with E-state index in [-0.39, 0.29) is 5.91 Å².